The molecule has 0 radical (unpaired) electrons. The summed E-state index contributed by atoms with van der Waals surface area (Å²) in [5.41, 5.74) is 0. The maximum atomic E-state index is 12.1. The van der Waals surface area contributed by atoms with Crippen LogP contribution in [0.15, 0.2) is 0 Å². The van der Waals surface area contributed by atoms with Crippen LogP contribution < -0.4 is 0 Å². The number of ether oxygens (including phenoxy) is 1. The van der Waals surface area contributed by atoms with E-state index < -0.39 is 5.97 Å². The highest BCUT2D eigenvalue weighted by Crippen LogP contribution is 2.48. The molecular formula is C12H15NO5. The van der Waals surface area contributed by atoms with Crippen LogP contribution in [0.1, 0.15) is 25.7 Å². The molecular weight excluding hydrogens is 238 g/mol. The van der Waals surface area contributed by atoms with Crippen molar-refractivity contribution < 1.29 is 24.2 Å². The average molecular weight is 253 g/mol. The normalized spacial score (nSPS) is 37.4. The van der Waals surface area contributed by atoms with Gasteiger partial charge in [0.25, 0.3) is 0 Å². The van der Waals surface area contributed by atoms with Gasteiger partial charge in [0.2, 0.25) is 11.8 Å². The Hall–Kier alpha value is -1.43. The van der Waals surface area contributed by atoms with Crippen LogP contribution in [0.3, 0.4) is 0 Å². The first-order chi connectivity index (χ1) is 8.59. The summed E-state index contributed by atoms with van der Waals surface area (Å²) < 4.78 is 5.61. The monoisotopic (exact) mass is 253 g/mol. The zero-order valence-electron chi connectivity index (χ0n) is 9.87. The maximum absolute atomic E-state index is 12.1. The van der Waals surface area contributed by atoms with E-state index in [1.165, 1.54) is 4.90 Å². The molecule has 0 aliphatic carbocycles. The van der Waals surface area contributed by atoms with E-state index in [1.54, 1.807) is 0 Å². The Morgan fingerprint density at radius 1 is 1.22 bits per heavy atom. The SMILES string of the molecule is O=C(O)CCCN1C(=O)[C@H]2[C@H](C1=O)[C@H]1CC[C@H]2O1. The fourth-order valence-electron chi connectivity index (χ4n) is 3.38. The third kappa shape index (κ3) is 1.55. The number of imide groups is 1. The fourth-order valence-corrected chi connectivity index (χ4v) is 3.38. The van der Waals surface area contributed by atoms with E-state index in [1.807, 2.05) is 0 Å². The van der Waals surface area contributed by atoms with Gasteiger partial charge in [0.05, 0.1) is 24.0 Å². The average Bonchev–Trinajstić information content (AvgIpc) is 2.97. The van der Waals surface area contributed by atoms with Gasteiger partial charge in [-0.2, -0.15) is 0 Å². The molecule has 0 aromatic carbocycles. The summed E-state index contributed by atoms with van der Waals surface area (Å²) in [6.07, 6.45) is 1.82. The number of amides is 2. The van der Waals surface area contributed by atoms with Crippen LogP contribution in [-0.2, 0) is 19.1 Å². The van der Waals surface area contributed by atoms with Crippen molar-refractivity contribution in [2.45, 2.75) is 37.9 Å². The van der Waals surface area contributed by atoms with Crippen molar-refractivity contribution in [1.82, 2.24) is 4.90 Å². The van der Waals surface area contributed by atoms with E-state index in [0.717, 1.165) is 12.8 Å². The molecule has 18 heavy (non-hydrogen) atoms. The van der Waals surface area contributed by atoms with Crippen molar-refractivity contribution in [3.8, 4) is 0 Å². The van der Waals surface area contributed by atoms with Crippen LogP contribution in [0.4, 0.5) is 0 Å². The van der Waals surface area contributed by atoms with Gasteiger partial charge >= 0.3 is 5.97 Å². The Labute approximate surface area is 104 Å². The minimum absolute atomic E-state index is 0.0181. The number of carboxylic acids is 1. The smallest absolute Gasteiger partial charge is 0.303 e. The topological polar surface area (TPSA) is 83.9 Å². The van der Waals surface area contributed by atoms with Crippen molar-refractivity contribution in [2.24, 2.45) is 11.8 Å². The number of rotatable bonds is 4. The molecule has 0 aromatic rings. The highest BCUT2D eigenvalue weighted by molar-refractivity contribution is 6.06. The number of carboxylic acid groups (broad SMARTS) is 1. The fraction of sp³-hybridized carbons (Fsp3) is 0.750. The Bertz CT molecular complexity index is 393. The highest BCUT2D eigenvalue weighted by atomic mass is 16.5. The third-order valence-corrected chi connectivity index (χ3v) is 4.15. The first-order valence-corrected chi connectivity index (χ1v) is 6.32. The van der Waals surface area contributed by atoms with Gasteiger partial charge in [-0.05, 0) is 19.3 Å². The predicted molar refractivity (Wildman–Crippen MR) is 58.5 cm³/mol. The zero-order valence-corrected chi connectivity index (χ0v) is 9.87. The van der Waals surface area contributed by atoms with Gasteiger partial charge in [0.1, 0.15) is 0 Å². The molecule has 2 bridgehead atoms. The number of carbonyl (C=O) groups excluding carboxylic acids is 2. The largest absolute Gasteiger partial charge is 0.481 e. The van der Waals surface area contributed by atoms with Gasteiger partial charge in [0, 0.05) is 13.0 Å². The standard InChI is InChI=1S/C12H15NO5/c14-8(15)2-1-5-13-11(16)9-6-3-4-7(18-6)10(9)12(13)17/h6-7,9-10H,1-5H2,(H,14,15)/t6-,7-,9-,10-/m1/s1. The zero-order chi connectivity index (χ0) is 12.9. The number of fused-ring (bicyclic) bond motifs is 5. The summed E-state index contributed by atoms with van der Waals surface area (Å²) >= 11 is 0. The van der Waals surface area contributed by atoms with Crippen LogP contribution in [0.5, 0.6) is 0 Å². The lowest BCUT2D eigenvalue weighted by Crippen LogP contribution is -2.35. The molecule has 3 aliphatic heterocycles. The first kappa shape index (κ1) is 11.6. The van der Waals surface area contributed by atoms with Crippen molar-refractivity contribution in [2.75, 3.05) is 6.54 Å². The molecule has 4 atom stereocenters. The molecule has 0 saturated carbocycles. The van der Waals surface area contributed by atoms with Gasteiger partial charge in [-0.15, -0.1) is 0 Å². The van der Waals surface area contributed by atoms with E-state index in [-0.39, 0.29) is 48.8 Å². The van der Waals surface area contributed by atoms with Gasteiger partial charge < -0.3 is 9.84 Å². The number of carbonyl (C=O) groups is 3. The number of aliphatic carboxylic acids is 1. The quantitative estimate of drug-likeness (QED) is 0.714. The molecule has 0 unspecified atom stereocenters. The number of hydrogen-bond donors (Lipinski definition) is 1. The van der Waals surface area contributed by atoms with Gasteiger partial charge in [-0.1, -0.05) is 0 Å². The van der Waals surface area contributed by atoms with Crippen molar-refractivity contribution in [3.05, 3.63) is 0 Å². The lowest BCUT2D eigenvalue weighted by atomic mass is 9.81. The highest BCUT2D eigenvalue weighted by Gasteiger charge is 2.62. The van der Waals surface area contributed by atoms with Crippen LogP contribution >= 0.6 is 0 Å². The molecule has 6 heteroatoms. The third-order valence-electron chi connectivity index (χ3n) is 4.15. The summed E-state index contributed by atoms with van der Waals surface area (Å²) in [4.78, 5) is 36.0. The predicted octanol–water partition coefficient (Wildman–Crippen LogP) is 0.0136. The Morgan fingerprint density at radius 2 is 1.78 bits per heavy atom. The molecule has 6 nitrogen and oxygen atoms in total. The minimum atomic E-state index is -0.905. The molecule has 0 aromatic heterocycles. The Balaban J connectivity index is 1.69. The molecule has 2 amide bonds. The van der Waals surface area contributed by atoms with Crippen LogP contribution in [-0.4, -0.2) is 46.5 Å². The van der Waals surface area contributed by atoms with Crippen LogP contribution in [0.25, 0.3) is 0 Å². The van der Waals surface area contributed by atoms with Gasteiger partial charge in [-0.3, -0.25) is 19.3 Å². The molecule has 3 aliphatic rings. The summed E-state index contributed by atoms with van der Waals surface area (Å²) in [5, 5.41) is 8.57. The molecule has 1 N–H and O–H groups in total. The van der Waals surface area contributed by atoms with E-state index in [2.05, 4.69) is 0 Å². The lowest BCUT2D eigenvalue weighted by Gasteiger charge is -2.16. The molecule has 3 saturated heterocycles. The Kier molecular flexibility index (Phi) is 2.62. The molecule has 98 valence electrons. The second kappa shape index (κ2) is 4.05. The van der Waals surface area contributed by atoms with Crippen molar-refractivity contribution in [1.29, 1.82) is 0 Å². The summed E-state index contributed by atoms with van der Waals surface area (Å²) in [6, 6.07) is 0. The van der Waals surface area contributed by atoms with Crippen molar-refractivity contribution in [3.63, 3.8) is 0 Å². The number of nitrogens with zero attached hydrogens (tertiary/aromatic N) is 1. The minimum Gasteiger partial charge on any atom is -0.481 e. The number of hydrogen-bond acceptors (Lipinski definition) is 4. The summed E-state index contributed by atoms with van der Waals surface area (Å²) in [6.45, 7) is 0.219. The summed E-state index contributed by atoms with van der Waals surface area (Å²) in [7, 11) is 0. The first-order valence-electron chi connectivity index (χ1n) is 6.32. The van der Waals surface area contributed by atoms with Crippen LogP contribution in [0.2, 0.25) is 0 Å². The van der Waals surface area contributed by atoms with E-state index >= 15 is 0 Å². The molecule has 3 heterocycles. The summed E-state index contributed by atoms with van der Waals surface area (Å²) in [5.74, 6) is -1.84. The number of likely N-dealkylation sites (tertiary alicyclic amines) is 1. The van der Waals surface area contributed by atoms with E-state index in [9.17, 15) is 14.4 Å². The second-order valence-corrected chi connectivity index (χ2v) is 5.17. The van der Waals surface area contributed by atoms with Gasteiger partial charge in [0.15, 0.2) is 0 Å². The Morgan fingerprint density at radius 3 is 2.28 bits per heavy atom. The second-order valence-electron chi connectivity index (χ2n) is 5.17. The van der Waals surface area contributed by atoms with Crippen molar-refractivity contribution >= 4 is 17.8 Å². The maximum Gasteiger partial charge on any atom is 0.303 e. The van der Waals surface area contributed by atoms with Gasteiger partial charge in [-0.25, -0.2) is 0 Å². The van der Waals surface area contributed by atoms with Crippen LogP contribution in [0, 0.1) is 11.8 Å². The van der Waals surface area contributed by atoms with E-state index in [4.69, 9.17) is 9.84 Å². The molecule has 0 spiro atoms. The molecule has 3 fully saturated rings. The lowest BCUT2D eigenvalue weighted by molar-refractivity contribution is -0.144. The van der Waals surface area contributed by atoms with E-state index in [0.29, 0.717) is 6.42 Å². The molecule has 3 rings (SSSR count).